The van der Waals surface area contributed by atoms with Crippen LogP contribution >= 0.6 is 0 Å². The van der Waals surface area contributed by atoms with Gasteiger partial charge in [0.15, 0.2) is 5.78 Å². The molecule has 0 fully saturated rings. The maximum absolute atomic E-state index is 11.0. The van der Waals surface area contributed by atoms with Crippen molar-refractivity contribution in [3.05, 3.63) is 66.8 Å². The highest BCUT2D eigenvalue weighted by molar-refractivity contribution is 6.17. The lowest BCUT2D eigenvalue weighted by Crippen LogP contribution is -1.98. The lowest BCUT2D eigenvalue weighted by atomic mass is 10.1. The van der Waals surface area contributed by atoms with Crippen molar-refractivity contribution < 1.29 is 4.79 Å². The summed E-state index contributed by atoms with van der Waals surface area (Å²) in [6.07, 6.45) is 6.52. The summed E-state index contributed by atoms with van der Waals surface area (Å²) in [7, 11) is 0. The van der Waals surface area contributed by atoms with Gasteiger partial charge < -0.3 is 0 Å². The van der Waals surface area contributed by atoms with Gasteiger partial charge in [-0.15, -0.1) is 0 Å². The van der Waals surface area contributed by atoms with Gasteiger partial charge in [-0.05, 0) is 47.2 Å². The SMILES string of the molecule is O=C1C=CC(=Nc2ccc3ccccc3c2)C=C1. The first-order chi connectivity index (χ1) is 8.81. The van der Waals surface area contributed by atoms with Gasteiger partial charge in [0.05, 0.1) is 11.4 Å². The second kappa shape index (κ2) is 4.41. The Bertz CT molecular complexity index is 690. The molecule has 1 aliphatic rings. The van der Waals surface area contributed by atoms with Crippen molar-refractivity contribution in [1.82, 2.24) is 0 Å². The largest absolute Gasteiger partial charge is 0.290 e. The Balaban J connectivity index is 2.00. The van der Waals surface area contributed by atoms with E-state index in [4.69, 9.17) is 0 Å². The zero-order valence-electron chi connectivity index (χ0n) is 9.71. The van der Waals surface area contributed by atoms with Crippen LogP contribution in [0.1, 0.15) is 0 Å². The molecule has 0 saturated carbocycles. The Morgan fingerprint density at radius 3 is 2.28 bits per heavy atom. The van der Waals surface area contributed by atoms with Crippen molar-refractivity contribution >= 4 is 28.0 Å². The fourth-order valence-corrected chi connectivity index (χ4v) is 1.92. The van der Waals surface area contributed by atoms with E-state index in [-0.39, 0.29) is 5.78 Å². The van der Waals surface area contributed by atoms with Gasteiger partial charge in [-0.2, -0.15) is 0 Å². The van der Waals surface area contributed by atoms with E-state index in [1.807, 2.05) is 24.3 Å². The third-order valence-corrected chi connectivity index (χ3v) is 2.83. The van der Waals surface area contributed by atoms with E-state index in [1.165, 1.54) is 22.9 Å². The predicted molar refractivity (Wildman–Crippen MR) is 74.3 cm³/mol. The van der Waals surface area contributed by atoms with E-state index < -0.39 is 0 Å². The average Bonchev–Trinajstić information content (AvgIpc) is 2.41. The summed E-state index contributed by atoms with van der Waals surface area (Å²) in [6, 6.07) is 14.2. The van der Waals surface area contributed by atoms with Gasteiger partial charge in [-0.25, -0.2) is 4.99 Å². The van der Waals surface area contributed by atoms with Crippen LogP contribution in [0.4, 0.5) is 5.69 Å². The number of fused-ring (bicyclic) bond motifs is 1. The molecule has 0 aromatic heterocycles. The van der Waals surface area contributed by atoms with E-state index in [0.717, 1.165) is 11.4 Å². The van der Waals surface area contributed by atoms with Crippen LogP contribution < -0.4 is 0 Å². The van der Waals surface area contributed by atoms with Gasteiger partial charge in [0, 0.05) is 0 Å². The Hall–Kier alpha value is -2.48. The number of ketones is 1. The van der Waals surface area contributed by atoms with Crippen molar-refractivity contribution in [3.8, 4) is 0 Å². The van der Waals surface area contributed by atoms with Crippen molar-refractivity contribution in [2.45, 2.75) is 0 Å². The van der Waals surface area contributed by atoms with Crippen molar-refractivity contribution in [2.75, 3.05) is 0 Å². The minimum atomic E-state index is 0.00691. The number of carbonyl (C=O) groups is 1. The van der Waals surface area contributed by atoms with Crippen LogP contribution in [0.5, 0.6) is 0 Å². The quantitative estimate of drug-likeness (QED) is 0.692. The Labute approximate surface area is 105 Å². The number of carbonyl (C=O) groups excluding carboxylic acids is 1. The standard InChI is InChI=1S/C16H11NO/c18-16-9-7-14(8-10-16)17-15-6-5-12-3-1-2-4-13(12)11-15/h1-11H. The minimum absolute atomic E-state index is 0.00691. The number of allylic oxidation sites excluding steroid dienone is 4. The zero-order chi connectivity index (χ0) is 12.4. The molecule has 0 atom stereocenters. The van der Waals surface area contributed by atoms with E-state index >= 15 is 0 Å². The number of benzene rings is 2. The molecule has 0 amide bonds. The third-order valence-electron chi connectivity index (χ3n) is 2.83. The highest BCUT2D eigenvalue weighted by Crippen LogP contribution is 2.21. The fraction of sp³-hybridized carbons (Fsp3) is 0. The molecule has 0 aliphatic heterocycles. The summed E-state index contributed by atoms with van der Waals surface area (Å²) in [5.41, 5.74) is 1.69. The monoisotopic (exact) mass is 233 g/mol. The van der Waals surface area contributed by atoms with Crippen LogP contribution in [-0.2, 0) is 4.79 Å². The van der Waals surface area contributed by atoms with Crippen LogP contribution in [-0.4, -0.2) is 11.5 Å². The summed E-state index contributed by atoms with van der Waals surface area (Å²) < 4.78 is 0. The topological polar surface area (TPSA) is 29.4 Å². The first-order valence-electron chi connectivity index (χ1n) is 5.79. The van der Waals surface area contributed by atoms with E-state index in [2.05, 4.69) is 23.2 Å². The van der Waals surface area contributed by atoms with Gasteiger partial charge in [0.1, 0.15) is 0 Å². The molecule has 0 heterocycles. The summed E-state index contributed by atoms with van der Waals surface area (Å²) in [4.78, 5) is 15.5. The van der Waals surface area contributed by atoms with E-state index in [9.17, 15) is 4.79 Å². The molecular formula is C16H11NO. The molecule has 18 heavy (non-hydrogen) atoms. The first-order valence-corrected chi connectivity index (χ1v) is 5.79. The van der Waals surface area contributed by atoms with E-state index in [1.54, 1.807) is 12.2 Å². The normalized spacial score (nSPS) is 14.2. The number of rotatable bonds is 1. The molecule has 2 aromatic carbocycles. The molecular weight excluding hydrogens is 222 g/mol. The lowest BCUT2D eigenvalue weighted by Gasteiger charge is -2.01. The smallest absolute Gasteiger partial charge is 0.178 e. The van der Waals surface area contributed by atoms with E-state index in [0.29, 0.717) is 0 Å². The molecule has 1 aliphatic carbocycles. The molecule has 0 radical (unpaired) electrons. The number of hydrogen-bond acceptors (Lipinski definition) is 2. The van der Waals surface area contributed by atoms with Crippen LogP contribution in [0.25, 0.3) is 10.8 Å². The lowest BCUT2D eigenvalue weighted by molar-refractivity contribution is -0.110. The minimum Gasteiger partial charge on any atom is -0.290 e. The summed E-state index contributed by atoms with van der Waals surface area (Å²) in [5, 5.41) is 2.37. The average molecular weight is 233 g/mol. The molecule has 0 spiro atoms. The van der Waals surface area contributed by atoms with Crippen molar-refractivity contribution in [2.24, 2.45) is 4.99 Å². The van der Waals surface area contributed by atoms with Crippen LogP contribution in [0.2, 0.25) is 0 Å². The molecule has 86 valence electrons. The van der Waals surface area contributed by atoms with Crippen LogP contribution in [0.15, 0.2) is 71.8 Å². The molecule has 2 heteroatoms. The van der Waals surface area contributed by atoms with Crippen molar-refractivity contribution in [3.63, 3.8) is 0 Å². The Morgan fingerprint density at radius 1 is 0.778 bits per heavy atom. The summed E-state index contributed by atoms with van der Waals surface area (Å²) >= 11 is 0. The van der Waals surface area contributed by atoms with Crippen LogP contribution in [0.3, 0.4) is 0 Å². The Morgan fingerprint density at radius 2 is 1.50 bits per heavy atom. The highest BCUT2D eigenvalue weighted by Gasteiger charge is 2.00. The van der Waals surface area contributed by atoms with Crippen LogP contribution in [0, 0.1) is 0 Å². The van der Waals surface area contributed by atoms with Gasteiger partial charge in [0.2, 0.25) is 0 Å². The number of hydrogen-bond donors (Lipinski definition) is 0. The molecule has 0 N–H and O–H groups in total. The molecule has 2 nitrogen and oxygen atoms in total. The summed E-state index contributed by atoms with van der Waals surface area (Å²) in [5.74, 6) is 0.00691. The zero-order valence-corrected chi connectivity index (χ0v) is 9.71. The Kier molecular flexibility index (Phi) is 2.61. The van der Waals surface area contributed by atoms with Gasteiger partial charge >= 0.3 is 0 Å². The first kappa shape index (κ1) is 10.7. The molecule has 2 aromatic rings. The molecule has 0 bridgehead atoms. The molecule has 3 rings (SSSR count). The second-order valence-corrected chi connectivity index (χ2v) is 4.14. The third kappa shape index (κ3) is 2.13. The molecule has 0 saturated heterocycles. The number of aliphatic imine (C=N–C) groups is 1. The van der Waals surface area contributed by atoms with Gasteiger partial charge in [0.25, 0.3) is 0 Å². The molecule has 0 unspecified atom stereocenters. The van der Waals surface area contributed by atoms with Gasteiger partial charge in [-0.1, -0.05) is 30.3 Å². The summed E-state index contributed by atoms with van der Waals surface area (Å²) in [6.45, 7) is 0. The predicted octanol–water partition coefficient (Wildman–Crippen LogP) is 3.61. The van der Waals surface area contributed by atoms with Crippen molar-refractivity contribution in [1.29, 1.82) is 0 Å². The fourth-order valence-electron chi connectivity index (χ4n) is 1.92. The second-order valence-electron chi connectivity index (χ2n) is 4.14. The maximum atomic E-state index is 11.0. The van der Waals surface area contributed by atoms with Gasteiger partial charge in [-0.3, -0.25) is 4.79 Å². The maximum Gasteiger partial charge on any atom is 0.178 e. The number of nitrogens with zero attached hydrogens (tertiary/aromatic N) is 1. The highest BCUT2D eigenvalue weighted by atomic mass is 16.1.